The van der Waals surface area contributed by atoms with Gasteiger partial charge in [-0.25, -0.2) is 4.98 Å². The third-order valence-electron chi connectivity index (χ3n) is 4.86. The minimum atomic E-state index is 0.0563. The van der Waals surface area contributed by atoms with Crippen LogP contribution in [0.15, 0.2) is 67.0 Å². The third kappa shape index (κ3) is 2.54. The monoisotopic (exact) mass is 343 g/mol. The molecule has 0 spiro atoms. The number of aromatic nitrogens is 2. The van der Waals surface area contributed by atoms with Gasteiger partial charge in [0.15, 0.2) is 0 Å². The second-order valence-electron chi connectivity index (χ2n) is 6.27. The number of rotatable bonds is 4. The molecule has 2 aromatic heterocycles. The molecule has 0 aliphatic rings. The van der Waals surface area contributed by atoms with Crippen molar-refractivity contribution in [2.24, 2.45) is 0 Å². The Kier molecular flexibility index (Phi) is 4.17. The summed E-state index contributed by atoms with van der Waals surface area (Å²) in [5.41, 5.74) is 2.76. The molecule has 0 aliphatic carbocycles. The van der Waals surface area contributed by atoms with Crippen LogP contribution in [0.25, 0.3) is 27.7 Å². The fraction of sp³-hybridized carbons (Fsp3) is 0.182. The van der Waals surface area contributed by atoms with E-state index in [0.29, 0.717) is 18.7 Å². The molecule has 0 saturated heterocycles. The lowest BCUT2D eigenvalue weighted by Crippen LogP contribution is -2.30. The van der Waals surface area contributed by atoms with Crippen LogP contribution < -0.4 is 0 Å². The average molecular weight is 343 g/mol. The van der Waals surface area contributed by atoms with E-state index in [-0.39, 0.29) is 5.91 Å². The number of fused-ring (bicyclic) bond motifs is 3. The lowest BCUT2D eigenvalue weighted by atomic mass is 10.0. The highest BCUT2D eigenvalue weighted by atomic mass is 16.2. The Hall–Kier alpha value is -3.14. The predicted molar refractivity (Wildman–Crippen MR) is 105 cm³/mol. The summed E-state index contributed by atoms with van der Waals surface area (Å²) in [6.45, 7) is 5.40. The van der Waals surface area contributed by atoms with Crippen LogP contribution in [-0.2, 0) is 0 Å². The molecule has 2 aromatic carbocycles. The first-order valence-electron chi connectivity index (χ1n) is 8.98. The molecule has 0 atom stereocenters. The SMILES string of the molecule is CCN(CC)C(=O)c1cn2c(-c3ccccc3)ncc2c2ccccc12. The first kappa shape index (κ1) is 16.3. The Bertz CT molecular complexity index is 1080. The Labute approximate surface area is 152 Å². The molecular formula is C22H21N3O. The summed E-state index contributed by atoms with van der Waals surface area (Å²) in [5.74, 6) is 0.903. The normalized spacial score (nSPS) is 11.2. The van der Waals surface area contributed by atoms with Crippen LogP contribution in [0, 0.1) is 0 Å². The summed E-state index contributed by atoms with van der Waals surface area (Å²) in [6.07, 6.45) is 3.82. The minimum Gasteiger partial charge on any atom is -0.339 e. The molecule has 0 aliphatic heterocycles. The molecule has 4 nitrogen and oxygen atoms in total. The van der Waals surface area contributed by atoms with Crippen LogP contribution in [0.3, 0.4) is 0 Å². The number of carbonyl (C=O) groups excluding carboxylic acids is 1. The van der Waals surface area contributed by atoms with Crippen LogP contribution in [0.4, 0.5) is 0 Å². The van der Waals surface area contributed by atoms with E-state index in [4.69, 9.17) is 0 Å². The maximum atomic E-state index is 13.1. The highest BCUT2D eigenvalue weighted by Gasteiger charge is 2.19. The fourth-order valence-electron chi connectivity index (χ4n) is 3.48. The third-order valence-corrected chi connectivity index (χ3v) is 4.86. The molecule has 0 saturated carbocycles. The molecule has 2 heterocycles. The van der Waals surface area contributed by atoms with E-state index in [1.807, 2.05) is 84.1 Å². The van der Waals surface area contributed by atoms with E-state index < -0.39 is 0 Å². The summed E-state index contributed by atoms with van der Waals surface area (Å²) in [7, 11) is 0. The van der Waals surface area contributed by atoms with E-state index in [2.05, 4.69) is 11.1 Å². The fourth-order valence-corrected chi connectivity index (χ4v) is 3.48. The number of pyridine rings is 1. The van der Waals surface area contributed by atoms with Gasteiger partial charge in [-0.3, -0.25) is 9.20 Å². The topological polar surface area (TPSA) is 37.6 Å². The van der Waals surface area contributed by atoms with Crippen molar-refractivity contribution < 1.29 is 4.79 Å². The smallest absolute Gasteiger partial charge is 0.255 e. The lowest BCUT2D eigenvalue weighted by molar-refractivity contribution is 0.0774. The van der Waals surface area contributed by atoms with Crippen molar-refractivity contribution in [2.75, 3.05) is 13.1 Å². The van der Waals surface area contributed by atoms with Gasteiger partial charge in [-0.2, -0.15) is 0 Å². The van der Waals surface area contributed by atoms with Crippen LogP contribution in [0.5, 0.6) is 0 Å². The van der Waals surface area contributed by atoms with Gasteiger partial charge in [-0.05, 0) is 19.2 Å². The summed E-state index contributed by atoms with van der Waals surface area (Å²) >= 11 is 0. The van der Waals surface area contributed by atoms with Crippen LogP contribution in [-0.4, -0.2) is 33.3 Å². The Morgan fingerprint density at radius 1 is 0.962 bits per heavy atom. The Morgan fingerprint density at radius 2 is 1.62 bits per heavy atom. The van der Waals surface area contributed by atoms with Gasteiger partial charge in [0.2, 0.25) is 0 Å². The van der Waals surface area contributed by atoms with Crippen LogP contribution >= 0.6 is 0 Å². The minimum absolute atomic E-state index is 0.0563. The van der Waals surface area contributed by atoms with E-state index in [1.165, 1.54) is 0 Å². The number of nitrogens with zero attached hydrogens (tertiary/aromatic N) is 3. The largest absolute Gasteiger partial charge is 0.339 e. The molecular weight excluding hydrogens is 322 g/mol. The summed E-state index contributed by atoms with van der Waals surface area (Å²) in [5, 5.41) is 2.01. The number of carbonyl (C=O) groups is 1. The number of amides is 1. The van der Waals surface area contributed by atoms with Gasteiger partial charge in [-0.1, -0.05) is 54.6 Å². The van der Waals surface area contributed by atoms with Crippen molar-refractivity contribution in [1.29, 1.82) is 0 Å². The zero-order valence-electron chi connectivity index (χ0n) is 15.0. The molecule has 4 heteroatoms. The van der Waals surface area contributed by atoms with Gasteiger partial charge in [0, 0.05) is 30.2 Å². The number of benzene rings is 2. The van der Waals surface area contributed by atoms with Gasteiger partial charge >= 0.3 is 0 Å². The summed E-state index contributed by atoms with van der Waals surface area (Å²) in [6, 6.07) is 18.1. The maximum absolute atomic E-state index is 13.1. The molecule has 130 valence electrons. The molecule has 0 N–H and O–H groups in total. The zero-order valence-corrected chi connectivity index (χ0v) is 15.0. The summed E-state index contributed by atoms with van der Waals surface area (Å²) in [4.78, 5) is 19.6. The van der Waals surface area contributed by atoms with Crippen molar-refractivity contribution in [2.45, 2.75) is 13.8 Å². The molecule has 0 fully saturated rings. The molecule has 26 heavy (non-hydrogen) atoms. The van der Waals surface area contributed by atoms with Gasteiger partial charge in [0.1, 0.15) is 5.82 Å². The Morgan fingerprint density at radius 3 is 2.31 bits per heavy atom. The molecule has 1 amide bonds. The van der Waals surface area contributed by atoms with Crippen LogP contribution in [0.1, 0.15) is 24.2 Å². The van der Waals surface area contributed by atoms with Crippen LogP contribution in [0.2, 0.25) is 0 Å². The van der Waals surface area contributed by atoms with Crippen molar-refractivity contribution in [3.05, 3.63) is 72.6 Å². The molecule has 0 bridgehead atoms. The van der Waals surface area contributed by atoms with E-state index >= 15 is 0 Å². The second kappa shape index (κ2) is 6.64. The van der Waals surface area contributed by atoms with Crippen molar-refractivity contribution >= 4 is 22.2 Å². The quantitative estimate of drug-likeness (QED) is 0.541. The first-order valence-corrected chi connectivity index (χ1v) is 8.98. The standard InChI is InChI=1S/C22H21N3O/c1-3-24(4-2)22(26)19-15-25-20(18-13-9-8-12-17(18)19)14-23-21(25)16-10-6-5-7-11-16/h5-15H,3-4H2,1-2H3. The predicted octanol–water partition coefficient (Wildman–Crippen LogP) is 4.64. The molecule has 4 aromatic rings. The van der Waals surface area contributed by atoms with Gasteiger partial charge in [0.05, 0.1) is 17.3 Å². The number of hydrogen-bond donors (Lipinski definition) is 0. The van der Waals surface area contributed by atoms with E-state index in [1.54, 1.807) is 0 Å². The maximum Gasteiger partial charge on any atom is 0.255 e. The number of hydrogen-bond acceptors (Lipinski definition) is 2. The van der Waals surface area contributed by atoms with E-state index in [9.17, 15) is 4.79 Å². The second-order valence-corrected chi connectivity index (χ2v) is 6.27. The molecule has 4 rings (SSSR count). The number of imidazole rings is 1. The highest BCUT2D eigenvalue weighted by Crippen LogP contribution is 2.28. The zero-order chi connectivity index (χ0) is 18.1. The summed E-state index contributed by atoms with van der Waals surface area (Å²) < 4.78 is 2.04. The van der Waals surface area contributed by atoms with Crippen molar-refractivity contribution in [1.82, 2.24) is 14.3 Å². The van der Waals surface area contributed by atoms with Crippen molar-refractivity contribution in [3.8, 4) is 11.4 Å². The van der Waals surface area contributed by atoms with Gasteiger partial charge in [-0.15, -0.1) is 0 Å². The molecule has 0 radical (unpaired) electrons. The molecule has 0 unspecified atom stereocenters. The van der Waals surface area contributed by atoms with Gasteiger partial charge < -0.3 is 4.90 Å². The lowest BCUT2D eigenvalue weighted by Gasteiger charge is -2.20. The highest BCUT2D eigenvalue weighted by molar-refractivity contribution is 6.10. The van der Waals surface area contributed by atoms with Gasteiger partial charge in [0.25, 0.3) is 5.91 Å². The first-order chi connectivity index (χ1) is 12.7. The average Bonchev–Trinajstić information content (AvgIpc) is 3.13. The van der Waals surface area contributed by atoms with Crippen molar-refractivity contribution in [3.63, 3.8) is 0 Å². The van der Waals surface area contributed by atoms with E-state index in [0.717, 1.165) is 27.7 Å². The Balaban J connectivity index is 2.03.